The van der Waals surface area contributed by atoms with Crippen molar-refractivity contribution in [1.29, 1.82) is 0 Å². The summed E-state index contributed by atoms with van der Waals surface area (Å²) in [7, 11) is 0. The minimum absolute atomic E-state index is 0.00260. The fourth-order valence-corrected chi connectivity index (χ4v) is 2.46. The van der Waals surface area contributed by atoms with Crippen LogP contribution in [0.15, 0.2) is 35.4 Å². The van der Waals surface area contributed by atoms with Gasteiger partial charge in [0.15, 0.2) is 11.2 Å². The second kappa shape index (κ2) is 8.37. The molecule has 1 aromatic carbocycles. The molecule has 11 heteroatoms. The molecule has 0 saturated heterocycles. The van der Waals surface area contributed by atoms with E-state index < -0.39 is 17.4 Å². The van der Waals surface area contributed by atoms with Crippen molar-refractivity contribution in [3.63, 3.8) is 0 Å². The van der Waals surface area contributed by atoms with Gasteiger partial charge in [-0.25, -0.2) is 14.1 Å². The van der Waals surface area contributed by atoms with Crippen molar-refractivity contribution in [1.82, 2.24) is 29.9 Å². The molecule has 0 aliphatic carbocycles. The Morgan fingerprint density at radius 3 is 2.71 bits per heavy atom. The predicted molar refractivity (Wildman–Crippen MR) is 94.7 cm³/mol. The predicted octanol–water partition coefficient (Wildman–Crippen LogP) is -0.145. The number of rotatable bonds is 7. The molecule has 3 aromatic rings. The first-order valence-electron chi connectivity index (χ1n) is 8.43. The Hall–Kier alpha value is -3.63. The molecule has 28 heavy (non-hydrogen) atoms. The van der Waals surface area contributed by atoms with Crippen molar-refractivity contribution in [2.24, 2.45) is 0 Å². The number of halogens is 1. The van der Waals surface area contributed by atoms with E-state index in [2.05, 4.69) is 20.6 Å². The molecule has 0 spiro atoms. The Labute approximate surface area is 157 Å². The average molecular weight is 388 g/mol. The van der Waals surface area contributed by atoms with Crippen LogP contribution in [0.1, 0.15) is 12.5 Å². The number of hydrogen-bond acceptors (Lipinski definition) is 7. The first-order valence-corrected chi connectivity index (χ1v) is 8.43. The van der Waals surface area contributed by atoms with E-state index in [1.54, 1.807) is 19.1 Å². The molecule has 0 aliphatic heterocycles. The Kier molecular flexibility index (Phi) is 5.72. The third kappa shape index (κ3) is 4.37. The van der Waals surface area contributed by atoms with Gasteiger partial charge in [0.25, 0.3) is 5.56 Å². The topological polar surface area (TPSA) is 121 Å². The zero-order valence-corrected chi connectivity index (χ0v) is 15.0. The van der Waals surface area contributed by atoms with E-state index in [4.69, 9.17) is 4.74 Å². The SMILES string of the molecule is CCOC(=O)CNC(=O)Cn1cnc2c(nnn2Cc2ccc(F)cc2)c1=O. The minimum Gasteiger partial charge on any atom is -0.465 e. The van der Waals surface area contributed by atoms with Gasteiger partial charge in [-0.2, -0.15) is 0 Å². The molecular weight excluding hydrogens is 371 g/mol. The highest BCUT2D eigenvalue weighted by Crippen LogP contribution is 2.08. The van der Waals surface area contributed by atoms with Crippen LogP contribution in [0.3, 0.4) is 0 Å². The quantitative estimate of drug-likeness (QED) is 0.559. The minimum atomic E-state index is -0.569. The number of hydrogen-bond donors (Lipinski definition) is 1. The van der Waals surface area contributed by atoms with E-state index in [0.717, 1.165) is 10.1 Å². The van der Waals surface area contributed by atoms with Gasteiger partial charge in [0.1, 0.15) is 25.2 Å². The lowest BCUT2D eigenvalue weighted by atomic mass is 10.2. The second-order valence-electron chi connectivity index (χ2n) is 5.81. The Bertz CT molecular complexity index is 1060. The van der Waals surface area contributed by atoms with Crippen LogP contribution in [-0.4, -0.2) is 49.6 Å². The number of amides is 1. The van der Waals surface area contributed by atoms with Gasteiger partial charge < -0.3 is 10.1 Å². The molecule has 0 aliphatic rings. The highest BCUT2D eigenvalue weighted by atomic mass is 19.1. The van der Waals surface area contributed by atoms with Gasteiger partial charge in [-0.15, -0.1) is 5.10 Å². The van der Waals surface area contributed by atoms with E-state index in [9.17, 15) is 18.8 Å². The van der Waals surface area contributed by atoms with E-state index in [1.807, 2.05) is 0 Å². The number of esters is 1. The van der Waals surface area contributed by atoms with Gasteiger partial charge in [-0.05, 0) is 24.6 Å². The number of carbonyl (C=O) groups is 2. The number of fused-ring (bicyclic) bond motifs is 1. The summed E-state index contributed by atoms with van der Waals surface area (Å²) in [5.74, 6) is -1.47. The van der Waals surface area contributed by atoms with Crippen LogP contribution in [0.4, 0.5) is 4.39 Å². The summed E-state index contributed by atoms with van der Waals surface area (Å²) < 4.78 is 20.2. The van der Waals surface area contributed by atoms with Crippen LogP contribution in [0, 0.1) is 5.82 Å². The highest BCUT2D eigenvalue weighted by Gasteiger charge is 2.14. The van der Waals surface area contributed by atoms with Crippen LogP contribution in [0.5, 0.6) is 0 Å². The summed E-state index contributed by atoms with van der Waals surface area (Å²) in [5, 5.41) is 10.1. The molecule has 146 valence electrons. The van der Waals surface area contributed by atoms with Gasteiger partial charge in [0.05, 0.1) is 13.2 Å². The number of nitrogens with zero attached hydrogens (tertiary/aromatic N) is 5. The molecule has 2 heterocycles. The van der Waals surface area contributed by atoms with Gasteiger partial charge in [0, 0.05) is 0 Å². The summed E-state index contributed by atoms with van der Waals surface area (Å²) in [6, 6.07) is 5.84. The number of ether oxygens (including phenoxy) is 1. The van der Waals surface area contributed by atoms with E-state index in [0.29, 0.717) is 0 Å². The first-order chi connectivity index (χ1) is 13.5. The Balaban J connectivity index is 1.73. The number of nitrogens with one attached hydrogen (secondary N) is 1. The molecule has 1 amide bonds. The summed E-state index contributed by atoms with van der Waals surface area (Å²) in [6.07, 6.45) is 1.21. The van der Waals surface area contributed by atoms with Crippen LogP contribution < -0.4 is 10.9 Å². The van der Waals surface area contributed by atoms with E-state index in [-0.39, 0.29) is 43.2 Å². The molecule has 0 bridgehead atoms. The Morgan fingerprint density at radius 1 is 1.25 bits per heavy atom. The monoisotopic (exact) mass is 388 g/mol. The van der Waals surface area contributed by atoms with Crippen molar-refractivity contribution in [2.45, 2.75) is 20.0 Å². The summed E-state index contributed by atoms with van der Waals surface area (Å²) in [4.78, 5) is 39.8. The third-order valence-corrected chi connectivity index (χ3v) is 3.79. The van der Waals surface area contributed by atoms with Crippen LogP contribution >= 0.6 is 0 Å². The number of aromatic nitrogens is 5. The van der Waals surface area contributed by atoms with Crippen LogP contribution in [-0.2, 0) is 27.4 Å². The zero-order valence-electron chi connectivity index (χ0n) is 15.0. The zero-order chi connectivity index (χ0) is 20.1. The van der Waals surface area contributed by atoms with Crippen LogP contribution in [0.25, 0.3) is 11.2 Å². The fourth-order valence-electron chi connectivity index (χ4n) is 2.46. The normalized spacial score (nSPS) is 10.8. The lowest BCUT2D eigenvalue weighted by molar-refractivity contribution is -0.143. The molecule has 0 radical (unpaired) electrons. The maximum Gasteiger partial charge on any atom is 0.325 e. The molecule has 1 N–H and O–H groups in total. The van der Waals surface area contributed by atoms with Crippen molar-refractivity contribution in [3.8, 4) is 0 Å². The van der Waals surface area contributed by atoms with Crippen molar-refractivity contribution >= 4 is 23.0 Å². The lowest BCUT2D eigenvalue weighted by Crippen LogP contribution is -2.36. The molecule has 0 fully saturated rings. The van der Waals surface area contributed by atoms with E-state index >= 15 is 0 Å². The molecule has 2 aromatic heterocycles. The van der Waals surface area contributed by atoms with Gasteiger partial charge in [0.2, 0.25) is 5.91 Å². The van der Waals surface area contributed by atoms with Gasteiger partial charge in [-0.1, -0.05) is 17.3 Å². The second-order valence-corrected chi connectivity index (χ2v) is 5.81. The third-order valence-electron chi connectivity index (χ3n) is 3.79. The maximum atomic E-state index is 13.0. The van der Waals surface area contributed by atoms with Gasteiger partial charge >= 0.3 is 5.97 Å². The maximum absolute atomic E-state index is 13.0. The Morgan fingerprint density at radius 2 is 2.00 bits per heavy atom. The largest absolute Gasteiger partial charge is 0.465 e. The van der Waals surface area contributed by atoms with Crippen molar-refractivity contribution < 1.29 is 18.7 Å². The van der Waals surface area contributed by atoms with Crippen molar-refractivity contribution in [3.05, 3.63) is 52.3 Å². The lowest BCUT2D eigenvalue weighted by Gasteiger charge is -2.07. The smallest absolute Gasteiger partial charge is 0.325 e. The summed E-state index contributed by atoms with van der Waals surface area (Å²) >= 11 is 0. The highest BCUT2D eigenvalue weighted by molar-refractivity contribution is 5.82. The van der Waals surface area contributed by atoms with Crippen LogP contribution in [0.2, 0.25) is 0 Å². The molecule has 0 unspecified atom stereocenters. The number of benzene rings is 1. The number of carbonyl (C=O) groups excluding carboxylic acids is 2. The average Bonchev–Trinajstić information content (AvgIpc) is 3.08. The molecule has 10 nitrogen and oxygen atoms in total. The standard InChI is InChI=1S/C17H17FN6O4/c1-2-28-14(26)7-19-13(25)9-23-10-20-16-15(17(23)27)21-22-24(16)8-11-3-5-12(18)6-4-11/h3-6,10H,2,7-9H2,1H3,(H,19,25). The van der Waals surface area contributed by atoms with E-state index in [1.165, 1.54) is 23.1 Å². The molecular formula is C17H17FN6O4. The van der Waals surface area contributed by atoms with Gasteiger partial charge in [-0.3, -0.25) is 19.0 Å². The molecule has 0 atom stereocenters. The summed E-state index contributed by atoms with van der Waals surface area (Å²) in [5.41, 5.74) is 0.472. The van der Waals surface area contributed by atoms with Crippen molar-refractivity contribution in [2.75, 3.05) is 13.2 Å². The summed E-state index contributed by atoms with van der Waals surface area (Å²) in [6.45, 7) is 1.51. The first kappa shape index (κ1) is 19.1. The fraction of sp³-hybridized carbons (Fsp3) is 0.294. The molecule has 0 saturated carbocycles. The molecule has 3 rings (SSSR count).